The number of carbonyl (C=O) groups is 1. The van der Waals surface area contributed by atoms with Crippen LogP contribution in [-0.2, 0) is 4.79 Å². The van der Waals surface area contributed by atoms with Crippen LogP contribution in [0.5, 0.6) is 0 Å². The fraction of sp³-hybridized carbons (Fsp3) is 0.500. The van der Waals surface area contributed by atoms with Gasteiger partial charge in [-0.2, -0.15) is 17.9 Å². The predicted octanol–water partition coefficient (Wildman–Crippen LogP) is 0.0874. The standard InChI is InChI=1S/C8H8F3N3O2/c9-8(10,11)7(15)16-14-2-1-13-6(14)5-3-12-4-5/h1-2,5,12H,3-4H2. The highest BCUT2D eigenvalue weighted by molar-refractivity contribution is 5.75. The zero-order valence-corrected chi connectivity index (χ0v) is 7.99. The minimum atomic E-state index is -5.00. The molecule has 5 nitrogen and oxygen atoms in total. The van der Waals surface area contributed by atoms with Gasteiger partial charge in [-0.25, -0.2) is 9.78 Å². The molecule has 1 saturated heterocycles. The molecule has 1 N–H and O–H groups in total. The first-order valence-electron chi connectivity index (χ1n) is 4.52. The molecule has 1 aliphatic heterocycles. The predicted molar refractivity (Wildman–Crippen MR) is 45.5 cm³/mol. The maximum atomic E-state index is 11.9. The second-order valence-electron chi connectivity index (χ2n) is 3.34. The van der Waals surface area contributed by atoms with Gasteiger partial charge in [-0.05, 0) is 0 Å². The number of imidazole rings is 1. The van der Waals surface area contributed by atoms with Gasteiger partial charge in [0.25, 0.3) is 0 Å². The van der Waals surface area contributed by atoms with Crippen molar-refractivity contribution in [3.8, 4) is 0 Å². The molecule has 0 atom stereocenters. The Hall–Kier alpha value is -1.57. The number of aromatic nitrogens is 2. The maximum Gasteiger partial charge on any atom is 0.493 e. The Kier molecular flexibility index (Phi) is 2.58. The van der Waals surface area contributed by atoms with Gasteiger partial charge in [-0.1, -0.05) is 0 Å². The number of hydrogen-bond donors (Lipinski definition) is 1. The fourth-order valence-corrected chi connectivity index (χ4v) is 1.28. The third kappa shape index (κ3) is 2.01. The highest BCUT2D eigenvalue weighted by atomic mass is 19.4. The lowest BCUT2D eigenvalue weighted by molar-refractivity contribution is -0.200. The summed E-state index contributed by atoms with van der Waals surface area (Å²) in [5.41, 5.74) is 0. The Labute approximate surface area is 88.2 Å². The summed E-state index contributed by atoms with van der Waals surface area (Å²) in [6.07, 6.45) is -2.53. The van der Waals surface area contributed by atoms with Crippen molar-refractivity contribution in [3.05, 3.63) is 18.2 Å². The van der Waals surface area contributed by atoms with E-state index in [1.54, 1.807) is 0 Å². The molecule has 0 radical (unpaired) electrons. The monoisotopic (exact) mass is 235 g/mol. The lowest BCUT2D eigenvalue weighted by atomic mass is 10.0. The quantitative estimate of drug-likeness (QED) is 0.789. The first-order chi connectivity index (χ1) is 7.48. The van der Waals surface area contributed by atoms with Crippen LogP contribution in [0, 0.1) is 0 Å². The number of hydrogen-bond acceptors (Lipinski definition) is 4. The highest BCUT2D eigenvalue weighted by Crippen LogP contribution is 2.19. The van der Waals surface area contributed by atoms with Gasteiger partial charge >= 0.3 is 12.1 Å². The molecular formula is C8H8F3N3O2. The van der Waals surface area contributed by atoms with Gasteiger partial charge in [0.2, 0.25) is 0 Å². The Morgan fingerprint density at radius 2 is 2.25 bits per heavy atom. The van der Waals surface area contributed by atoms with E-state index in [2.05, 4.69) is 15.1 Å². The lowest BCUT2D eigenvalue weighted by Crippen LogP contribution is -2.43. The molecule has 1 aliphatic rings. The molecule has 0 spiro atoms. The zero-order chi connectivity index (χ0) is 11.8. The van der Waals surface area contributed by atoms with Crippen LogP contribution in [0.3, 0.4) is 0 Å². The average Bonchev–Trinajstić information content (AvgIpc) is 2.48. The molecule has 1 fully saturated rings. The van der Waals surface area contributed by atoms with E-state index in [1.165, 1.54) is 12.4 Å². The van der Waals surface area contributed by atoms with Gasteiger partial charge in [0, 0.05) is 25.2 Å². The molecule has 1 aromatic heterocycles. The van der Waals surface area contributed by atoms with Crippen LogP contribution in [-0.4, -0.2) is 34.9 Å². The van der Waals surface area contributed by atoms with Gasteiger partial charge in [0.15, 0.2) is 5.82 Å². The minimum absolute atomic E-state index is 0.0176. The Balaban J connectivity index is 2.09. The SMILES string of the molecule is O=C(On1ccnc1C1CNC1)C(F)(F)F. The number of alkyl halides is 3. The summed E-state index contributed by atoms with van der Waals surface area (Å²) in [6.45, 7) is 1.22. The third-order valence-corrected chi connectivity index (χ3v) is 2.19. The summed E-state index contributed by atoms with van der Waals surface area (Å²) < 4.78 is 36.6. The molecule has 0 saturated carbocycles. The Morgan fingerprint density at radius 1 is 1.56 bits per heavy atom. The lowest BCUT2D eigenvalue weighted by Gasteiger charge is -2.26. The van der Waals surface area contributed by atoms with E-state index in [4.69, 9.17) is 0 Å². The van der Waals surface area contributed by atoms with Gasteiger partial charge < -0.3 is 10.2 Å². The topological polar surface area (TPSA) is 56.2 Å². The van der Waals surface area contributed by atoms with E-state index < -0.39 is 12.1 Å². The molecule has 2 rings (SSSR count). The summed E-state index contributed by atoms with van der Waals surface area (Å²) in [5, 5.41) is 2.94. The molecule has 0 amide bonds. The van der Waals surface area contributed by atoms with Crippen molar-refractivity contribution in [1.82, 2.24) is 15.0 Å². The molecule has 8 heteroatoms. The molecule has 2 heterocycles. The normalized spacial score (nSPS) is 16.9. The smallest absolute Gasteiger partial charge is 0.327 e. The average molecular weight is 235 g/mol. The Bertz CT molecular complexity index is 397. The second-order valence-corrected chi connectivity index (χ2v) is 3.34. The van der Waals surface area contributed by atoms with Crippen molar-refractivity contribution in [3.63, 3.8) is 0 Å². The van der Waals surface area contributed by atoms with Crippen LogP contribution in [0.4, 0.5) is 13.2 Å². The van der Waals surface area contributed by atoms with Crippen LogP contribution in [0.15, 0.2) is 12.4 Å². The van der Waals surface area contributed by atoms with Crippen LogP contribution < -0.4 is 10.2 Å². The van der Waals surface area contributed by atoms with Crippen LogP contribution in [0.25, 0.3) is 0 Å². The van der Waals surface area contributed by atoms with Crippen molar-refractivity contribution in [2.24, 2.45) is 0 Å². The van der Waals surface area contributed by atoms with Gasteiger partial charge in [0.1, 0.15) is 0 Å². The fourth-order valence-electron chi connectivity index (χ4n) is 1.28. The number of nitrogens with zero attached hydrogens (tertiary/aromatic N) is 2. The summed E-state index contributed by atoms with van der Waals surface area (Å²) in [6, 6.07) is 0. The first kappa shape index (κ1) is 10.9. The molecule has 0 aromatic carbocycles. The Morgan fingerprint density at radius 3 is 2.75 bits per heavy atom. The van der Waals surface area contributed by atoms with Crippen molar-refractivity contribution in [2.75, 3.05) is 13.1 Å². The molecule has 88 valence electrons. The van der Waals surface area contributed by atoms with E-state index in [9.17, 15) is 18.0 Å². The molecule has 16 heavy (non-hydrogen) atoms. The second kappa shape index (κ2) is 3.78. The molecule has 0 bridgehead atoms. The van der Waals surface area contributed by atoms with Crippen molar-refractivity contribution in [2.45, 2.75) is 12.1 Å². The highest BCUT2D eigenvalue weighted by Gasteiger charge is 2.42. The molecule has 1 aromatic rings. The zero-order valence-electron chi connectivity index (χ0n) is 7.99. The van der Waals surface area contributed by atoms with E-state index in [-0.39, 0.29) is 5.92 Å². The van der Waals surface area contributed by atoms with E-state index in [0.717, 1.165) is 4.73 Å². The van der Waals surface area contributed by atoms with Gasteiger partial charge in [-0.3, -0.25) is 0 Å². The molecular weight excluding hydrogens is 227 g/mol. The van der Waals surface area contributed by atoms with E-state index >= 15 is 0 Å². The third-order valence-electron chi connectivity index (χ3n) is 2.19. The summed E-state index contributed by atoms with van der Waals surface area (Å²) in [4.78, 5) is 18.6. The van der Waals surface area contributed by atoms with Gasteiger partial charge in [-0.15, -0.1) is 0 Å². The van der Waals surface area contributed by atoms with Crippen LogP contribution >= 0.6 is 0 Å². The van der Waals surface area contributed by atoms with Crippen molar-refractivity contribution >= 4 is 5.97 Å². The van der Waals surface area contributed by atoms with Crippen LogP contribution in [0.2, 0.25) is 0 Å². The van der Waals surface area contributed by atoms with Crippen molar-refractivity contribution < 1.29 is 22.8 Å². The van der Waals surface area contributed by atoms with E-state index in [0.29, 0.717) is 18.9 Å². The number of nitrogens with one attached hydrogen (secondary N) is 1. The molecule has 0 aliphatic carbocycles. The number of rotatable bonds is 2. The largest absolute Gasteiger partial charge is 0.493 e. The minimum Gasteiger partial charge on any atom is -0.327 e. The summed E-state index contributed by atoms with van der Waals surface area (Å²) >= 11 is 0. The number of carbonyl (C=O) groups excluding carboxylic acids is 1. The summed E-state index contributed by atoms with van der Waals surface area (Å²) in [7, 11) is 0. The molecule has 0 unspecified atom stereocenters. The van der Waals surface area contributed by atoms with Crippen molar-refractivity contribution in [1.29, 1.82) is 0 Å². The van der Waals surface area contributed by atoms with Gasteiger partial charge in [0.05, 0.1) is 6.20 Å². The number of halogens is 3. The first-order valence-corrected chi connectivity index (χ1v) is 4.52. The summed E-state index contributed by atoms with van der Waals surface area (Å²) in [5.74, 6) is -1.95. The van der Waals surface area contributed by atoms with Crippen LogP contribution in [0.1, 0.15) is 11.7 Å². The van der Waals surface area contributed by atoms with E-state index in [1.807, 2.05) is 0 Å². The maximum absolute atomic E-state index is 11.9.